The summed E-state index contributed by atoms with van der Waals surface area (Å²) in [7, 11) is 0. The van der Waals surface area contributed by atoms with Gasteiger partial charge in [-0.25, -0.2) is 0 Å². The number of hydrogen-bond acceptors (Lipinski definition) is 5. The zero-order valence-corrected chi connectivity index (χ0v) is 13.6. The number of piperidine rings is 1. The Kier molecular flexibility index (Phi) is 5.74. The van der Waals surface area contributed by atoms with Crippen LogP contribution in [0.4, 0.5) is 0 Å². The molecule has 1 aromatic heterocycles. The van der Waals surface area contributed by atoms with Gasteiger partial charge in [-0.05, 0) is 43.5 Å². The third-order valence-electron chi connectivity index (χ3n) is 3.90. The first kappa shape index (κ1) is 15.7. The molecule has 1 fully saturated rings. The average molecular weight is 317 g/mol. The van der Waals surface area contributed by atoms with Crippen LogP contribution in [-0.2, 0) is 0 Å². The van der Waals surface area contributed by atoms with Crippen LogP contribution in [0.25, 0.3) is 0 Å². The largest absolute Gasteiger partial charge is 0.337 e. The van der Waals surface area contributed by atoms with Crippen molar-refractivity contribution in [1.82, 2.24) is 20.0 Å². The second-order valence-electron chi connectivity index (χ2n) is 5.08. The van der Waals surface area contributed by atoms with E-state index in [-0.39, 0.29) is 5.91 Å². The first-order valence-corrected chi connectivity index (χ1v) is 8.34. The van der Waals surface area contributed by atoms with Crippen LogP contribution in [-0.4, -0.2) is 58.6 Å². The van der Waals surface area contributed by atoms with E-state index in [1.165, 1.54) is 0 Å². The molecule has 112 valence electrons. The van der Waals surface area contributed by atoms with Crippen molar-refractivity contribution >= 4 is 28.8 Å². The highest BCUT2D eigenvalue weighted by Crippen LogP contribution is 2.22. The molecule has 0 aromatic carbocycles. The number of likely N-dealkylation sites (tertiary alicyclic amines) is 1. The molecule has 0 spiro atoms. The zero-order valence-electron chi connectivity index (χ0n) is 12.0. The molecule has 1 saturated heterocycles. The van der Waals surface area contributed by atoms with Gasteiger partial charge in [0.15, 0.2) is 0 Å². The van der Waals surface area contributed by atoms with E-state index in [0.29, 0.717) is 15.4 Å². The van der Waals surface area contributed by atoms with Crippen molar-refractivity contribution in [2.75, 3.05) is 32.7 Å². The number of hydrogen-bond donors (Lipinski definition) is 0. The quantitative estimate of drug-likeness (QED) is 0.837. The van der Waals surface area contributed by atoms with Crippen LogP contribution in [0.5, 0.6) is 0 Å². The minimum absolute atomic E-state index is 0.0318. The molecular formula is C13H21ClN4OS. The molecule has 1 amide bonds. The van der Waals surface area contributed by atoms with Gasteiger partial charge < -0.3 is 9.80 Å². The van der Waals surface area contributed by atoms with Crippen LogP contribution in [0.2, 0.25) is 4.47 Å². The van der Waals surface area contributed by atoms with E-state index in [0.717, 1.165) is 56.9 Å². The van der Waals surface area contributed by atoms with E-state index >= 15 is 0 Å². The molecule has 5 nitrogen and oxygen atoms in total. The highest BCUT2D eigenvalue weighted by Gasteiger charge is 2.26. The van der Waals surface area contributed by atoms with Crippen LogP contribution in [0, 0.1) is 5.92 Å². The number of carbonyl (C=O) groups excluding carboxylic acids is 1. The lowest BCUT2D eigenvalue weighted by Gasteiger charge is -2.33. The highest BCUT2D eigenvalue weighted by molar-refractivity contribution is 7.17. The van der Waals surface area contributed by atoms with E-state index in [4.69, 9.17) is 11.6 Å². The summed E-state index contributed by atoms with van der Waals surface area (Å²) in [6.45, 7) is 9.34. The third-order valence-corrected chi connectivity index (χ3v) is 4.90. The van der Waals surface area contributed by atoms with Gasteiger partial charge >= 0.3 is 0 Å². The fourth-order valence-electron chi connectivity index (χ4n) is 2.59. The predicted molar refractivity (Wildman–Crippen MR) is 81.3 cm³/mol. The van der Waals surface area contributed by atoms with Gasteiger partial charge in [-0.2, -0.15) is 0 Å². The monoisotopic (exact) mass is 316 g/mol. The average Bonchev–Trinajstić information content (AvgIpc) is 2.91. The second kappa shape index (κ2) is 7.33. The Labute approximate surface area is 128 Å². The van der Waals surface area contributed by atoms with Gasteiger partial charge in [-0.1, -0.05) is 25.2 Å². The standard InChI is InChI=1S/C13H21ClN4OS/c1-3-17(4-2)9-10-5-7-18(8-6-10)12(19)11-15-16-13(14)20-11/h10H,3-9H2,1-2H3. The van der Waals surface area contributed by atoms with Crippen molar-refractivity contribution in [2.45, 2.75) is 26.7 Å². The summed E-state index contributed by atoms with van der Waals surface area (Å²) in [5, 5.41) is 7.91. The third kappa shape index (κ3) is 3.90. The van der Waals surface area contributed by atoms with Gasteiger partial charge in [-0.15, -0.1) is 10.2 Å². The molecule has 2 heterocycles. The van der Waals surface area contributed by atoms with Crippen molar-refractivity contribution in [1.29, 1.82) is 0 Å². The van der Waals surface area contributed by atoms with Crippen LogP contribution in [0.3, 0.4) is 0 Å². The SMILES string of the molecule is CCN(CC)CC1CCN(C(=O)c2nnc(Cl)s2)CC1. The number of amides is 1. The van der Waals surface area contributed by atoms with Crippen LogP contribution >= 0.6 is 22.9 Å². The van der Waals surface area contributed by atoms with Crippen molar-refractivity contribution in [3.05, 3.63) is 9.47 Å². The molecule has 1 aliphatic heterocycles. The van der Waals surface area contributed by atoms with E-state index in [9.17, 15) is 4.79 Å². The Bertz CT molecular complexity index is 441. The Balaban J connectivity index is 1.83. The summed E-state index contributed by atoms with van der Waals surface area (Å²) in [6, 6.07) is 0. The molecular weight excluding hydrogens is 296 g/mol. The Morgan fingerprint density at radius 3 is 2.50 bits per heavy atom. The van der Waals surface area contributed by atoms with Crippen molar-refractivity contribution in [3.63, 3.8) is 0 Å². The van der Waals surface area contributed by atoms with Crippen molar-refractivity contribution in [2.24, 2.45) is 5.92 Å². The molecule has 2 rings (SSSR count). The maximum Gasteiger partial charge on any atom is 0.284 e. The number of nitrogens with zero attached hydrogens (tertiary/aromatic N) is 4. The topological polar surface area (TPSA) is 49.3 Å². The fourth-order valence-corrected chi connectivity index (χ4v) is 3.39. The Hall–Kier alpha value is -0.720. The van der Waals surface area contributed by atoms with Crippen LogP contribution < -0.4 is 0 Å². The summed E-state index contributed by atoms with van der Waals surface area (Å²) in [5.74, 6) is 0.660. The number of halogens is 1. The van der Waals surface area contributed by atoms with Crippen LogP contribution in [0.1, 0.15) is 36.5 Å². The molecule has 0 atom stereocenters. The minimum Gasteiger partial charge on any atom is -0.337 e. The molecule has 20 heavy (non-hydrogen) atoms. The van der Waals surface area contributed by atoms with Gasteiger partial charge in [0, 0.05) is 19.6 Å². The first-order chi connectivity index (χ1) is 9.63. The maximum absolute atomic E-state index is 12.2. The lowest BCUT2D eigenvalue weighted by atomic mass is 9.96. The summed E-state index contributed by atoms with van der Waals surface area (Å²) in [6.07, 6.45) is 2.13. The second-order valence-corrected chi connectivity index (χ2v) is 6.64. The van der Waals surface area contributed by atoms with Crippen LogP contribution in [0.15, 0.2) is 0 Å². The van der Waals surface area contributed by atoms with E-state index < -0.39 is 0 Å². The molecule has 0 unspecified atom stereocenters. The molecule has 0 bridgehead atoms. The van der Waals surface area contributed by atoms with Gasteiger partial charge in [0.25, 0.3) is 5.91 Å². The zero-order chi connectivity index (χ0) is 14.5. The number of aromatic nitrogens is 2. The Morgan fingerprint density at radius 2 is 2.00 bits per heavy atom. The van der Waals surface area contributed by atoms with Gasteiger partial charge in [0.05, 0.1) is 0 Å². The molecule has 1 aliphatic rings. The lowest BCUT2D eigenvalue weighted by molar-refractivity contribution is 0.0668. The molecule has 0 N–H and O–H groups in total. The smallest absolute Gasteiger partial charge is 0.284 e. The maximum atomic E-state index is 12.2. The van der Waals surface area contributed by atoms with Crippen molar-refractivity contribution < 1.29 is 4.79 Å². The first-order valence-electron chi connectivity index (χ1n) is 7.14. The molecule has 0 saturated carbocycles. The van der Waals surface area contributed by atoms with Crippen molar-refractivity contribution in [3.8, 4) is 0 Å². The summed E-state index contributed by atoms with van der Waals surface area (Å²) in [4.78, 5) is 16.5. The molecule has 0 radical (unpaired) electrons. The number of rotatable bonds is 5. The summed E-state index contributed by atoms with van der Waals surface area (Å²) in [5.41, 5.74) is 0. The van der Waals surface area contributed by atoms with E-state index in [1.54, 1.807) is 0 Å². The Morgan fingerprint density at radius 1 is 1.35 bits per heavy atom. The molecule has 0 aliphatic carbocycles. The summed E-state index contributed by atoms with van der Waals surface area (Å²) < 4.78 is 0.324. The summed E-state index contributed by atoms with van der Waals surface area (Å²) >= 11 is 6.88. The normalized spacial score (nSPS) is 16.9. The fraction of sp³-hybridized carbons (Fsp3) is 0.769. The van der Waals surface area contributed by atoms with Gasteiger partial charge in [-0.3, -0.25) is 4.79 Å². The number of carbonyl (C=O) groups is 1. The predicted octanol–water partition coefficient (Wildman–Crippen LogP) is 2.39. The van der Waals surface area contributed by atoms with Gasteiger partial charge in [0.1, 0.15) is 0 Å². The molecule has 7 heteroatoms. The van der Waals surface area contributed by atoms with E-state index in [1.807, 2.05) is 4.90 Å². The highest BCUT2D eigenvalue weighted by atomic mass is 35.5. The lowest BCUT2D eigenvalue weighted by Crippen LogP contribution is -2.41. The minimum atomic E-state index is -0.0318. The van der Waals surface area contributed by atoms with Gasteiger partial charge in [0.2, 0.25) is 9.47 Å². The molecule has 1 aromatic rings. The van der Waals surface area contributed by atoms with E-state index in [2.05, 4.69) is 28.9 Å².